The molecule has 0 bridgehead atoms. The minimum Gasteiger partial charge on any atom is -0.330 e. The Kier molecular flexibility index (Phi) is 4.54. The van der Waals surface area contributed by atoms with Crippen LogP contribution in [0.3, 0.4) is 0 Å². The smallest absolute Gasteiger partial charge is 0.0960 e. The Morgan fingerprint density at radius 2 is 2.18 bits per heavy atom. The van der Waals surface area contributed by atoms with E-state index in [4.69, 9.17) is 10.7 Å². The van der Waals surface area contributed by atoms with E-state index in [0.29, 0.717) is 18.5 Å². The molecular formula is C13H23N3S. The van der Waals surface area contributed by atoms with Gasteiger partial charge in [0.05, 0.1) is 10.7 Å². The summed E-state index contributed by atoms with van der Waals surface area (Å²) in [7, 11) is 0. The third-order valence-electron chi connectivity index (χ3n) is 3.58. The van der Waals surface area contributed by atoms with Crippen LogP contribution < -0.4 is 5.73 Å². The molecule has 96 valence electrons. The van der Waals surface area contributed by atoms with E-state index in [1.807, 2.05) is 11.3 Å². The molecule has 2 N–H and O–H groups in total. The average molecular weight is 253 g/mol. The maximum Gasteiger partial charge on any atom is 0.0960 e. The highest BCUT2D eigenvalue weighted by Gasteiger charge is 2.23. The lowest BCUT2D eigenvalue weighted by molar-refractivity contribution is 0.172. The fraction of sp³-hybridized carbons (Fsp3) is 0.769. The zero-order chi connectivity index (χ0) is 12.3. The Balaban J connectivity index is 1.91. The van der Waals surface area contributed by atoms with Crippen molar-refractivity contribution in [3.63, 3.8) is 0 Å². The van der Waals surface area contributed by atoms with E-state index >= 15 is 0 Å². The van der Waals surface area contributed by atoms with Crippen LogP contribution in [0, 0.1) is 0 Å². The molecule has 17 heavy (non-hydrogen) atoms. The van der Waals surface area contributed by atoms with Crippen molar-refractivity contribution >= 4 is 11.3 Å². The summed E-state index contributed by atoms with van der Waals surface area (Å²) in [6.07, 6.45) is 3.43. The molecule has 0 saturated carbocycles. The van der Waals surface area contributed by atoms with Crippen molar-refractivity contribution in [1.29, 1.82) is 0 Å². The van der Waals surface area contributed by atoms with Crippen molar-refractivity contribution in [2.45, 2.75) is 45.1 Å². The minimum absolute atomic E-state index is 0.681. The Morgan fingerprint density at radius 3 is 2.76 bits per heavy atom. The zero-order valence-electron chi connectivity index (χ0n) is 10.9. The van der Waals surface area contributed by atoms with Gasteiger partial charge in [0, 0.05) is 23.8 Å². The lowest BCUT2D eigenvalue weighted by Gasteiger charge is -2.33. The van der Waals surface area contributed by atoms with Crippen molar-refractivity contribution in [3.05, 3.63) is 16.1 Å². The molecule has 1 saturated heterocycles. The number of hydrogen-bond donors (Lipinski definition) is 1. The first kappa shape index (κ1) is 13.0. The van der Waals surface area contributed by atoms with Gasteiger partial charge in [-0.05, 0) is 46.3 Å². The highest BCUT2D eigenvalue weighted by Crippen LogP contribution is 2.30. The van der Waals surface area contributed by atoms with Gasteiger partial charge in [0.1, 0.15) is 0 Å². The summed E-state index contributed by atoms with van der Waals surface area (Å²) in [5, 5.41) is 3.51. The van der Waals surface area contributed by atoms with E-state index in [2.05, 4.69) is 24.1 Å². The predicted octanol–water partition coefficient (Wildman–Crippen LogP) is 2.23. The standard InChI is InChI=1S/C13H23N3S/c1-10(2)16-7-4-11(5-8-16)13-15-12(3-6-14)9-17-13/h9-11H,3-8,14H2,1-2H3. The van der Waals surface area contributed by atoms with Gasteiger partial charge < -0.3 is 10.6 Å². The molecule has 1 aliphatic heterocycles. The quantitative estimate of drug-likeness (QED) is 0.895. The molecule has 3 nitrogen and oxygen atoms in total. The van der Waals surface area contributed by atoms with Gasteiger partial charge >= 0.3 is 0 Å². The molecule has 1 aromatic rings. The molecule has 0 unspecified atom stereocenters. The number of rotatable bonds is 4. The first-order chi connectivity index (χ1) is 8.20. The molecule has 0 aliphatic carbocycles. The first-order valence-corrected chi connectivity index (χ1v) is 7.47. The second-order valence-electron chi connectivity index (χ2n) is 5.12. The van der Waals surface area contributed by atoms with Crippen molar-refractivity contribution in [1.82, 2.24) is 9.88 Å². The Bertz CT molecular complexity index is 340. The average Bonchev–Trinajstić information content (AvgIpc) is 2.78. The van der Waals surface area contributed by atoms with Crippen LogP contribution in [-0.2, 0) is 6.42 Å². The molecule has 0 amide bonds. The van der Waals surface area contributed by atoms with Gasteiger partial charge in [-0.25, -0.2) is 4.98 Å². The van der Waals surface area contributed by atoms with Crippen LogP contribution in [0.1, 0.15) is 43.3 Å². The Hall–Kier alpha value is -0.450. The van der Waals surface area contributed by atoms with Gasteiger partial charge in [-0.3, -0.25) is 0 Å². The molecule has 0 atom stereocenters. The molecule has 2 heterocycles. The van der Waals surface area contributed by atoms with Crippen LogP contribution >= 0.6 is 11.3 Å². The van der Waals surface area contributed by atoms with Crippen LogP contribution in [0.4, 0.5) is 0 Å². The number of nitrogens with zero attached hydrogens (tertiary/aromatic N) is 2. The molecule has 0 aromatic carbocycles. The zero-order valence-corrected chi connectivity index (χ0v) is 11.7. The number of hydrogen-bond acceptors (Lipinski definition) is 4. The van der Waals surface area contributed by atoms with Gasteiger partial charge in [0.2, 0.25) is 0 Å². The molecule has 1 aromatic heterocycles. The number of nitrogens with two attached hydrogens (primary N) is 1. The second kappa shape index (κ2) is 5.94. The molecule has 1 aliphatic rings. The summed E-state index contributed by atoms with van der Waals surface area (Å²) in [6, 6.07) is 0.681. The summed E-state index contributed by atoms with van der Waals surface area (Å²) in [6.45, 7) is 7.70. The Morgan fingerprint density at radius 1 is 1.47 bits per heavy atom. The highest BCUT2D eigenvalue weighted by molar-refractivity contribution is 7.09. The van der Waals surface area contributed by atoms with E-state index in [0.717, 1.165) is 6.42 Å². The molecule has 0 spiro atoms. The van der Waals surface area contributed by atoms with Crippen LogP contribution in [0.2, 0.25) is 0 Å². The minimum atomic E-state index is 0.681. The van der Waals surface area contributed by atoms with E-state index in [1.54, 1.807) is 0 Å². The monoisotopic (exact) mass is 253 g/mol. The van der Waals surface area contributed by atoms with Crippen LogP contribution in [0.25, 0.3) is 0 Å². The first-order valence-electron chi connectivity index (χ1n) is 6.59. The molecular weight excluding hydrogens is 230 g/mol. The lowest BCUT2D eigenvalue weighted by Crippen LogP contribution is -2.37. The molecule has 4 heteroatoms. The van der Waals surface area contributed by atoms with Crippen molar-refractivity contribution < 1.29 is 0 Å². The van der Waals surface area contributed by atoms with Crippen LogP contribution in [0.15, 0.2) is 5.38 Å². The summed E-state index contributed by atoms with van der Waals surface area (Å²) < 4.78 is 0. The van der Waals surface area contributed by atoms with Gasteiger partial charge in [0.25, 0.3) is 0 Å². The van der Waals surface area contributed by atoms with Gasteiger partial charge in [-0.15, -0.1) is 11.3 Å². The van der Waals surface area contributed by atoms with E-state index < -0.39 is 0 Å². The summed E-state index contributed by atoms with van der Waals surface area (Å²) >= 11 is 1.82. The fourth-order valence-electron chi connectivity index (χ4n) is 2.44. The van der Waals surface area contributed by atoms with Crippen LogP contribution in [0.5, 0.6) is 0 Å². The fourth-order valence-corrected chi connectivity index (χ4v) is 3.46. The topological polar surface area (TPSA) is 42.2 Å². The number of likely N-dealkylation sites (tertiary alicyclic amines) is 1. The molecule has 1 fully saturated rings. The van der Waals surface area contributed by atoms with E-state index in [9.17, 15) is 0 Å². The maximum atomic E-state index is 5.56. The maximum absolute atomic E-state index is 5.56. The third kappa shape index (κ3) is 3.27. The SMILES string of the molecule is CC(C)N1CCC(c2nc(CCN)cs2)CC1. The number of piperidine rings is 1. The normalized spacial score (nSPS) is 19.1. The second-order valence-corrected chi connectivity index (χ2v) is 6.01. The van der Waals surface area contributed by atoms with Crippen molar-refractivity contribution in [3.8, 4) is 0 Å². The van der Waals surface area contributed by atoms with Crippen molar-refractivity contribution in [2.24, 2.45) is 5.73 Å². The number of thiazole rings is 1. The summed E-state index contributed by atoms with van der Waals surface area (Å²) in [5.41, 5.74) is 6.74. The number of aromatic nitrogens is 1. The van der Waals surface area contributed by atoms with E-state index in [1.165, 1.54) is 36.6 Å². The molecule has 0 radical (unpaired) electrons. The van der Waals surface area contributed by atoms with E-state index in [-0.39, 0.29) is 0 Å². The summed E-state index contributed by atoms with van der Waals surface area (Å²) in [5.74, 6) is 0.682. The van der Waals surface area contributed by atoms with Gasteiger partial charge in [0.15, 0.2) is 0 Å². The largest absolute Gasteiger partial charge is 0.330 e. The van der Waals surface area contributed by atoms with Gasteiger partial charge in [-0.2, -0.15) is 0 Å². The third-order valence-corrected chi connectivity index (χ3v) is 4.64. The van der Waals surface area contributed by atoms with Crippen LogP contribution in [-0.4, -0.2) is 35.6 Å². The Labute approximate surface area is 108 Å². The van der Waals surface area contributed by atoms with Crippen molar-refractivity contribution in [2.75, 3.05) is 19.6 Å². The predicted molar refractivity (Wildman–Crippen MR) is 73.6 cm³/mol. The molecule has 2 rings (SSSR count). The van der Waals surface area contributed by atoms with Gasteiger partial charge in [-0.1, -0.05) is 0 Å². The summed E-state index contributed by atoms with van der Waals surface area (Å²) in [4.78, 5) is 7.27. The highest BCUT2D eigenvalue weighted by atomic mass is 32.1. The lowest BCUT2D eigenvalue weighted by atomic mass is 9.97.